The quantitative estimate of drug-likeness (QED) is 0.734. The van der Waals surface area contributed by atoms with Gasteiger partial charge >= 0.3 is 6.09 Å². The monoisotopic (exact) mass is 269 g/mol. The summed E-state index contributed by atoms with van der Waals surface area (Å²) >= 11 is 0. The molecule has 0 aromatic heterocycles. The number of fused-ring (bicyclic) bond motifs is 2. The summed E-state index contributed by atoms with van der Waals surface area (Å²) in [5.41, 5.74) is -0.419. The third-order valence-electron chi connectivity index (χ3n) is 4.08. The zero-order valence-electron chi connectivity index (χ0n) is 12.8. The van der Waals surface area contributed by atoms with Gasteiger partial charge < -0.3 is 14.4 Å². The van der Waals surface area contributed by atoms with E-state index in [1.807, 2.05) is 25.7 Å². The number of piperidine rings is 1. The maximum absolute atomic E-state index is 12.2. The van der Waals surface area contributed by atoms with Crippen molar-refractivity contribution in [3.05, 3.63) is 0 Å². The molecule has 2 aliphatic rings. The number of likely N-dealkylation sites (tertiary alicyclic amines) is 1. The molecule has 2 unspecified atom stereocenters. The maximum Gasteiger partial charge on any atom is 0.410 e. The maximum atomic E-state index is 12.2. The Kier molecular flexibility index (Phi) is 4.09. The minimum atomic E-state index is -0.419. The zero-order valence-corrected chi connectivity index (χ0v) is 12.8. The lowest BCUT2D eigenvalue weighted by Gasteiger charge is -2.48. The summed E-state index contributed by atoms with van der Waals surface area (Å²) in [6.45, 7) is 13.4. The highest BCUT2D eigenvalue weighted by molar-refractivity contribution is 5.68. The van der Waals surface area contributed by atoms with Crippen molar-refractivity contribution < 1.29 is 14.3 Å². The minimum absolute atomic E-state index is 0.174. The molecule has 19 heavy (non-hydrogen) atoms. The van der Waals surface area contributed by atoms with Gasteiger partial charge in [0.05, 0.1) is 13.2 Å². The first-order chi connectivity index (χ1) is 8.78. The number of ether oxygens (including phenoxy) is 2. The van der Waals surface area contributed by atoms with Crippen molar-refractivity contribution in [3.63, 3.8) is 0 Å². The zero-order chi connectivity index (χ0) is 14.2. The van der Waals surface area contributed by atoms with E-state index >= 15 is 0 Å². The number of hydrogen-bond donors (Lipinski definition) is 0. The van der Waals surface area contributed by atoms with E-state index in [0.717, 1.165) is 26.3 Å². The second-order valence-electron chi connectivity index (χ2n) is 7.26. The number of carbonyl (C=O) groups is 1. The molecule has 110 valence electrons. The second-order valence-corrected chi connectivity index (χ2v) is 7.26. The number of hydrogen-bond acceptors (Lipinski definition) is 3. The molecule has 2 fully saturated rings. The summed E-state index contributed by atoms with van der Waals surface area (Å²) in [6, 6.07) is 0. The van der Waals surface area contributed by atoms with Gasteiger partial charge in [0.2, 0.25) is 0 Å². The fraction of sp³-hybridized carbons (Fsp3) is 0.933. The molecule has 0 N–H and O–H groups in total. The molecule has 2 aliphatic heterocycles. The van der Waals surface area contributed by atoms with Crippen molar-refractivity contribution in [1.29, 1.82) is 0 Å². The van der Waals surface area contributed by atoms with Crippen LogP contribution in [-0.2, 0) is 9.47 Å². The smallest absolute Gasteiger partial charge is 0.410 e. The van der Waals surface area contributed by atoms with Gasteiger partial charge in [-0.05, 0) is 32.6 Å². The van der Waals surface area contributed by atoms with E-state index in [-0.39, 0.29) is 6.09 Å². The molecule has 2 saturated heterocycles. The number of carbonyl (C=O) groups excluding carboxylic acids is 1. The summed E-state index contributed by atoms with van der Waals surface area (Å²) in [5.74, 6) is 2.24. The molecule has 2 bridgehead atoms. The summed E-state index contributed by atoms with van der Waals surface area (Å²) in [4.78, 5) is 14.1. The Morgan fingerprint density at radius 2 is 1.74 bits per heavy atom. The summed E-state index contributed by atoms with van der Waals surface area (Å²) in [6.07, 6.45) is -0.174. The Morgan fingerprint density at radius 3 is 2.16 bits per heavy atom. The van der Waals surface area contributed by atoms with Crippen LogP contribution in [0.1, 0.15) is 34.6 Å². The van der Waals surface area contributed by atoms with Crippen LogP contribution >= 0.6 is 0 Å². The van der Waals surface area contributed by atoms with Crippen LogP contribution in [0.2, 0.25) is 0 Å². The Morgan fingerprint density at radius 1 is 1.21 bits per heavy atom. The molecule has 0 saturated carbocycles. The first kappa shape index (κ1) is 14.6. The van der Waals surface area contributed by atoms with E-state index in [0.29, 0.717) is 23.7 Å². The van der Waals surface area contributed by atoms with E-state index in [9.17, 15) is 4.79 Å². The van der Waals surface area contributed by atoms with Gasteiger partial charge in [0.25, 0.3) is 0 Å². The normalized spacial score (nSPS) is 31.5. The number of amides is 1. The van der Waals surface area contributed by atoms with Crippen LogP contribution in [0, 0.1) is 23.7 Å². The molecule has 0 aliphatic carbocycles. The average molecular weight is 269 g/mol. The van der Waals surface area contributed by atoms with E-state index in [4.69, 9.17) is 9.47 Å². The van der Waals surface area contributed by atoms with Crippen LogP contribution in [0.5, 0.6) is 0 Å². The molecule has 2 atom stereocenters. The number of nitrogens with zero attached hydrogens (tertiary/aromatic N) is 1. The van der Waals surface area contributed by atoms with E-state index in [1.54, 1.807) is 0 Å². The van der Waals surface area contributed by atoms with Crippen LogP contribution in [0.4, 0.5) is 4.79 Å². The molecule has 0 aromatic carbocycles. The topological polar surface area (TPSA) is 38.8 Å². The molecule has 0 aromatic rings. The van der Waals surface area contributed by atoms with Gasteiger partial charge in [-0.25, -0.2) is 4.79 Å². The molecule has 1 amide bonds. The van der Waals surface area contributed by atoms with Gasteiger partial charge in [0.1, 0.15) is 5.60 Å². The first-order valence-electron chi connectivity index (χ1n) is 7.33. The highest BCUT2D eigenvalue weighted by Gasteiger charge is 2.43. The SMILES string of the molecule is CC(C)C1C2COCC1CN(C(=O)OC(C)(C)C)C2. The average Bonchev–Trinajstić information content (AvgIpc) is 2.24. The van der Waals surface area contributed by atoms with Gasteiger partial charge in [0.15, 0.2) is 0 Å². The van der Waals surface area contributed by atoms with Crippen LogP contribution in [0.3, 0.4) is 0 Å². The van der Waals surface area contributed by atoms with Crippen LogP contribution in [-0.4, -0.2) is 42.9 Å². The predicted octanol–water partition coefficient (Wildman–Crippen LogP) is 2.77. The van der Waals surface area contributed by atoms with Crippen molar-refractivity contribution in [2.24, 2.45) is 23.7 Å². The lowest BCUT2D eigenvalue weighted by Crippen LogP contribution is -2.56. The van der Waals surface area contributed by atoms with Crippen LogP contribution in [0.15, 0.2) is 0 Å². The molecular formula is C15H27NO3. The predicted molar refractivity (Wildman–Crippen MR) is 73.9 cm³/mol. The minimum Gasteiger partial charge on any atom is -0.444 e. The molecule has 2 rings (SSSR count). The van der Waals surface area contributed by atoms with Crippen molar-refractivity contribution in [3.8, 4) is 0 Å². The molecular weight excluding hydrogens is 242 g/mol. The largest absolute Gasteiger partial charge is 0.444 e. The Labute approximate surface area is 116 Å². The summed E-state index contributed by atoms with van der Waals surface area (Å²) in [5, 5.41) is 0. The van der Waals surface area contributed by atoms with E-state index in [1.165, 1.54) is 0 Å². The lowest BCUT2D eigenvalue weighted by molar-refractivity contribution is -0.0971. The van der Waals surface area contributed by atoms with Crippen molar-refractivity contribution >= 4 is 6.09 Å². The number of rotatable bonds is 1. The van der Waals surface area contributed by atoms with Crippen molar-refractivity contribution in [1.82, 2.24) is 4.90 Å². The fourth-order valence-corrected chi connectivity index (χ4v) is 3.53. The molecule has 4 nitrogen and oxygen atoms in total. The standard InChI is InChI=1S/C15H27NO3/c1-10(2)13-11-6-16(7-12(13)9-18-8-11)14(17)19-15(3,4)5/h10-13H,6-9H2,1-5H3. The fourth-order valence-electron chi connectivity index (χ4n) is 3.53. The Hall–Kier alpha value is -0.770. The molecule has 0 spiro atoms. The lowest BCUT2D eigenvalue weighted by atomic mass is 9.71. The highest BCUT2D eigenvalue weighted by Crippen LogP contribution is 2.38. The molecule has 4 heteroatoms. The molecule has 2 heterocycles. The van der Waals surface area contributed by atoms with E-state index in [2.05, 4.69) is 13.8 Å². The van der Waals surface area contributed by atoms with Gasteiger partial charge in [-0.2, -0.15) is 0 Å². The molecule has 0 radical (unpaired) electrons. The highest BCUT2D eigenvalue weighted by atomic mass is 16.6. The van der Waals surface area contributed by atoms with E-state index < -0.39 is 5.60 Å². The third kappa shape index (κ3) is 3.41. The van der Waals surface area contributed by atoms with Gasteiger partial charge in [-0.15, -0.1) is 0 Å². The third-order valence-corrected chi connectivity index (χ3v) is 4.08. The van der Waals surface area contributed by atoms with Gasteiger partial charge in [-0.3, -0.25) is 0 Å². The summed E-state index contributed by atoms with van der Waals surface area (Å²) < 4.78 is 11.2. The first-order valence-corrected chi connectivity index (χ1v) is 7.33. The van der Waals surface area contributed by atoms with Gasteiger partial charge in [0, 0.05) is 24.9 Å². The van der Waals surface area contributed by atoms with Crippen molar-refractivity contribution in [2.45, 2.75) is 40.2 Å². The Balaban J connectivity index is 2.03. The Bertz CT molecular complexity index is 321. The second kappa shape index (κ2) is 5.31. The van der Waals surface area contributed by atoms with Crippen molar-refractivity contribution in [2.75, 3.05) is 26.3 Å². The van der Waals surface area contributed by atoms with Crippen LogP contribution in [0.25, 0.3) is 0 Å². The summed E-state index contributed by atoms with van der Waals surface area (Å²) in [7, 11) is 0. The van der Waals surface area contributed by atoms with Crippen LogP contribution < -0.4 is 0 Å². The van der Waals surface area contributed by atoms with Gasteiger partial charge in [-0.1, -0.05) is 13.8 Å².